The molecule has 0 bridgehead atoms. The van der Waals surface area contributed by atoms with Gasteiger partial charge in [0, 0.05) is 13.2 Å². The van der Waals surface area contributed by atoms with Crippen LogP contribution in [0.3, 0.4) is 0 Å². The van der Waals surface area contributed by atoms with Gasteiger partial charge in [-0.3, -0.25) is 0 Å². The minimum absolute atomic E-state index is 0.635. The highest BCUT2D eigenvalue weighted by atomic mass is 16.5. The van der Waals surface area contributed by atoms with E-state index in [0.29, 0.717) is 13.2 Å². The molecule has 0 atom stereocenters. The maximum atomic E-state index is 5.62. The Hall–Kier alpha value is -1.06. The predicted molar refractivity (Wildman–Crippen MR) is 72.9 cm³/mol. The number of rotatable bonds is 9. The van der Waals surface area contributed by atoms with E-state index in [-0.39, 0.29) is 0 Å². The standard InChI is InChI=1S/C15H23NO2/c1-16-12-14-4-6-15(7-5-14)18-11-10-17-9-8-13-2-3-13/h4-7,13,16H,2-3,8-12H2,1H3. The van der Waals surface area contributed by atoms with Crippen molar-refractivity contribution in [1.82, 2.24) is 5.32 Å². The van der Waals surface area contributed by atoms with Gasteiger partial charge >= 0.3 is 0 Å². The number of hydrogen-bond acceptors (Lipinski definition) is 3. The predicted octanol–water partition coefficient (Wildman–Crippen LogP) is 2.60. The summed E-state index contributed by atoms with van der Waals surface area (Å²) in [6, 6.07) is 8.19. The molecule has 1 fully saturated rings. The van der Waals surface area contributed by atoms with Gasteiger partial charge in [0.1, 0.15) is 12.4 Å². The van der Waals surface area contributed by atoms with E-state index in [1.807, 2.05) is 19.2 Å². The Morgan fingerprint density at radius 1 is 1.11 bits per heavy atom. The zero-order chi connectivity index (χ0) is 12.6. The Balaban J connectivity index is 1.54. The molecule has 0 amide bonds. The molecule has 0 saturated heterocycles. The molecule has 0 heterocycles. The van der Waals surface area contributed by atoms with Crippen molar-refractivity contribution in [3.8, 4) is 5.75 Å². The average Bonchev–Trinajstić information content (AvgIpc) is 3.20. The lowest BCUT2D eigenvalue weighted by atomic mass is 10.2. The summed E-state index contributed by atoms with van der Waals surface area (Å²) in [5.41, 5.74) is 1.27. The number of nitrogens with one attached hydrogen (secondary N) is 1. The van der Waals surface area contributed by atoms with Gasteiger partial charge in [-0.1, -0.05) is 25.0 Å². The van der Waals surface area contributed by atoms with E-state index < -0.39 is 0 Å². The first kappa shape index (κ1) is 13.4. The van der Waals surface area contributed by atoms with Crippen molar-refractivity contribution in [2.24, 2.45) is 5.92 Å². The Morgan fingerprint density at radius 2 is 1.89 bits per heavy atom. The first-order chi connectivity index (χ1) is 8.88. The van der Waals surface area contributed by atoms with Crippen molar-refractivity contribution in [1.29, 1.82) is 0 Å². The van der Waals surface area contributed by atoms with Crippen LogP contribution in [0.2, 0.25) is 0 Å². The third kappa shape index (κ3) is 5.07. The molecule has 1 aromatic carbocycles. The van der Waals surface area contributed by atoms with Crippen LogP contribution in [0.25, 0.3) is 0 Å². The average molecular weight is 249 g/mol. The van der Waals surface area contributed by atoms with E-state index in [2.05, 4.69) is 17.4 Å². The quantitative estimate of drug-likeness (QED) is 0.682. The van der Waals surface area contributed by atoms with Crippen LogP contribution in [-0.2, 0) is 11.3 Å². The molecular formula is C15H23NO2. The highest BCUT2D eigenvalue weighted by Gasteiger charge is 2.20. The summed E-state index contributed by atoms with van der Waals surface area (Å²) in [7, 11) is 1.95. The van der Waals surface area contributed by atoms with Crippen LogP contribution in [0.4, 0.5) is 0 Å². The molecule has 1 aromatic rings. The second kappa shape index (κ2) is 7.39. The van der Waals surface area contributed by atoms with Crippen molar-refractivity contribution < 1.29 is 9.47 Å². The molecule has 18 heavy (non-hydrogen) atoms. The summed E-state index contributed by atoms with van der Waals surface area (Å²) in [5, 5.41) is 3.12. The third-order valence-electron chi connectivity index (χ3n) is 3.17. The molecule has 1 aliphatic rings. The van der Waals surface area contributed by atoms with Crippen molar-refractivity contribution in [2.75, 3.05) is 26.9 Å². The van der Waals surface area contributed by atoms with Gasteiger partial charge < -0.3 is 14.8 Å². The van der Waals surface area contributed by atoms with Crippen LogP contribution in [0.15, 0.2) is 24.3 Å². The number of hydrogen-bond donors (Lipinski definition) is 1. The highest BCUT2D eigenvalue weighted by molar-refractivity contribution is 5.27. The van der Waals surface area contributed by atoms with Gasteiger partial charge in [0.15, 0.2) is 0 Å². The molecule has 2 rings (SSSR count). The van der Waals surface area contributed by atoms with E-state index >= 15 is 0 Å². The SMILES string of the molecule is CNCc1ccc(OCCOCCC2CC2)cc1. The smallest absolute Gasteiger partial charge is 0.119 e. The van der Waals surface area contributed by atoms with Gasteiger partial charge in [-0.25, -0.2) is 0 Å². The summed E-state index contributed by atoms with van der Waals surface area (Å²) < 4.78 is 11.1. The van der Waals surface area contributed by atoms with Crippen LogP contribution < -0.4 is 10.1 Å². The van der Waals surface area contributed by atoms with Crippen LogP contribution in [0.5, 0.6) is 5.75 Å². The minimum atomic E-state index is 0.635. The minimum Gasteiger partial charge on any atom is -0.491 e. The van der Waals surface area contributed by atoms with Crippen LogP contribution >= 0.6 is 0 Å². The molecule has 0 spiro atoms. The zero-order valence-electron chi connectivity index (χ0n) is 11.2. The molecule has 0 radical (unpaired) electrons. The molecular weight excluding hydrogens is 226 g/mol. The fourth-order valence-electron chi connectivity index (χ4n) is 1.88. The first-order valence-corrected chi connectivity index (χ1v) is 6.82. The molecule has 0 aliphatic heterocycles. The largest absolute Gasteiger partial charge is 0.491 e. The molecule has 0 aromatic heterocycles. The van der Waals surface area contributed by atoms with Crippen LogP contribution in [0.1, 0.15) is 24.8 Å². The second-order valence-electron chi connectivity index (χ2n) is 4.87. The van der Waals surface area contributed by atoms with Gasteiger partial charge in [-0.05, 0) is 37.1 Å². The summed E-state index contributed by atoms with van der Waals surface area (Å²) in [6.45, 7) is 3.10. The van der Waals surface area contributed by atoms with Crippen LogP contribution in [0, 0.1) is 5.92 Å². The number of ether oxygens (including phenoxy) is 2. The Bertz CT molecular complexity index is 333. The summed E-state index contributed by atoms with van der Waals surface area (Å²) >= 11 is 0. The Morgan fingerprint density at radius 3 is 2.56 bits per heavy atom. The molecule has 3 nitrogen and oxygen atoms in total. The van der Waals surface area contributed by atoms with E-state index in [9.17, 15) is 0 Å². The van der Waals surface area contributed by atoms with E-state index in [4.69, 9.17) is 9.47 Å². The van der Waals surface area contributed by atoms with Crippen molar-refractivity contribution in [3.05, 3.63) is 29.8 Å². The third-order valence-corrected chi connectivity index (χ3v) is 3.17. The first-order valence-electron chi connectivity index (χ1n) is 6.82. The van der Waals surface area contributed by atoms with Gasteiger partial charge in [-0.2, -0.15) is 0 Å². The lowest BCUT2D eigenvalue weighted by molar-refractivity contribution is 0.0958. The zero-order valence-corrected chi connectivity index (χ0v) is 11.2. The molecule has 0 unspecified atom stereocenters. The normalized spacial score (nSPS) is 14.7. The molecule has 1 N–H and O–H groups in total. The fraction of sp³-hybridized carbons (Fsp3) is 0.600. The monoisotopic (exact) mass is 249 g/mol. The van der Waals surface area contributed by atoms with Gasteiger partial charge in [-0.15, -0.1) is 0 Å². The van der Waals surface area contributed by atoms with Gasteiger partial charge in [0.05, 0.1) is 6.61 Å². The van der Waals surface area contributed by atoms with Crippen molar-refractivity contribution in [2.45, 2.75) is 25.8 Å². The lowest BCUT2D eigenvalue weighted by Gasteiger charge is -2.08. The summed E-state index contributed by atoms with van der Waals surface area (Å²) in [5.74, 6) is 1.87. The molecule has 3 heteroatoms. The van der Waals surface area contributed by atoms with Crippen molar-refractivity contribution in [3.63, 3.8) is 0 Å². The molecule has 100 valence electrons. The maximum Gasteiger partial charge on any atom is 0.119 e. The van der Waals surface area contributed by atoms with Crippen molar-refractivity contribution >= 4 is 0 Å². The summed E-state index contributed by atoms with van der Waals surface area (Å²) in [6.07, 6.45) is 4.02. The molecule has 1 aliphatic carbocycles. The van der Waals surface area contributed by atoms with E-state index in [1.54, 1.807) is 0 Å². The maximum absolute atomic E-state index is 5.62. The number of benzene rings is 1. The summed E-state index contributed by atoms with van der Waals surface area (Å²) in [4.78, 5) is 0. The van der Waals surface area contributed by atoms with Crippen LogP contribution in [-0.4, -0.2) is 26.9 Å². The van der Waals surface area contributed by atoms with E-state index in [0.717, 1.165) is 24.8 Å². The Labute approximate surface area is 109 Å². The topological polar surface area (TPSA) is 30.5 Å². The van der Waals surface area contributed by atoms with Gasteiger partial charge in [0.2, 0.25) is 0 Å². The van der Waals surface area contributed by atoms with E-state index in [1.165, 1.54) is 24.8 Å². The highest BCUT2D eigenvalue weighted by Crippen LogP contribution is 2.31. The fourth-order valence-corrected chi connectivity index (χ4v) is 1.88. The Kier molecular flexibility index (Phi) is 5.49. The lowest BCUT2D eigenvalue weighted by Crippen LogP contribution is -2.08. The van der Waals surface area contributed by atoms with Gasteiger partial charge in [0.25, 0.3) is 0 Å². The molecule has 1 saturated carbocycles. The second-order valence-corrected chi connectivity index (χ2v) is 4.87.